The topological polar surface area (TPSA) is 59.1 Å². The van der Waals surface area contributed by atoms with Gasteiger partial charge in [-0.3, -0.25) is 0 Å². The summed E-state index contributed by atoms with van der Waals surface area (Å²) in [6.07, 6.45) is 0.676. The molecule has 3 nitrogen and oxygen atoms in total. The van der Waals surface area contributed by atoms with Crippen LogP contribution in [0, 0.1) is 6.92 Å². The molecular formula is C7H13ClN2OS. The molecule has 1 atom stereocenters. The maximum atomic E-state index is 8.65. The first-order chi connectivity index (χ1) is 5.22. The lowest BCUT2D eigenvalue weighted by Gasteiger charge is -2.03. The third-order valence-corrected chi connectivity index (χ3v) is 2.33. The van der Waals surface area contributed by atoms with Gasteiger partial charge in [0, 0.05) is 23.5 Å². The highest BCUT2D eigenvalue weighted by atomic mass is 35.5. The van der Waals surface area contributed by atoms with Crippen LogP contribution in [0.3, 0.4) is 0 Å². The first-order valence-electron chi connectivity index (χ1n) is 3.50. The van der Waals surface area contributed by atoms with E-state index in [1.807, 2.05) is 12.3 Å². The third kappa shape index (κ3) is 3.49. The number of rotatable bonds is 3. The Morgan fingerprint density at radius 3 is 2.83 bits per heavy atom. The lowest BCUT2D eigenvalue weighted by molar-refractivity contribution is 0.265. The van der Waals surface area contributed by atoms with Crippen molar-refractivity contribution in [3.63, 3.8) is 0 Å². The molecule has 1 heterocycles. The van der Waals surface area contributed by atoms with Crippen LogP contribution in [-0.4, -0.2) is 22.7 Å². The van der Waals surface area contributed by atoms with Gasteiger partial charge in [0.05, 0.1) is 11.6 Å². The first-order valence-corrected chi connectivity index (χ1v) is 4.37. The summed E-state index contributed by atoms with van der Waals surface area (Å²) in [5.74, 6) is 0. The Morgan fingerprint density at radius 2 is 2.42 bits per heavy atom. The van der Waals surface area contributed by atoms with Crippen molar-refractivity contribution in [2.45, 2.75) is 19.4 Å². The van der Waals surface area contributed by atoms with E-state index in [1.165, 1.54) is 0 Å². The number of aromatic nitrogens is 1. The van der Waals surface area contributed by atoms with Gasteiger partial charge in [0.15, 0.2) is 0 Å². The van der Waals surface area contributed by atoms with Crippen molar-refractivity contribution in [3.8, 4) is 0 Å². The van der Waals surface area contributed by atoms with Crippen molar-refractivity contribution in [1.29, 1.82) is 0 Å². The zero-order chi connectivity index (χ0) is 8.27. The van der Waals surface area contributed by atoms with E-state index < -0.39 is 0 Å². The Kier molecular flexibility index (Phi) is 5.41. The first kappa shape index (κ1) is 11.8. The molecule has 0 saturated carbocycles. The zero-order valence-corrected chi connectivity index (χ0v) is 8.49. The van der Waals surface area contributed by atoms with E-state index in [9.17, 15) is 0 Å². The number of hydrogen-bond acceptors (Lipinski definition) is 4. The summed E-state index contributed by atoms with van der Waals surface area (Å²) < 4.78 is 0. The fourth-order valence-electron chi connectivity index (χ4n) is 0.785. The van der Waals surface area contributed by atoms with Crippen LogP contribution >= 0.6 is 23.7 Å². The Hall–Kier alpha value is -0.160. The van der Waals surface area contributed by atoms with Gasteiger partial charge < -0.3 is 10.8 Å². The second-order valence-corrected chi connectivity index (χ2v) is 3.47. The molecule has 12 heavy (non-hydrogen) atoms. The highest BCUT2D eigenvalue weighted by Gasteiger charge is 2.04. The van der Waals surface area contributed by atoms with Gasteiger partial charge in [-0.1, -0.05) is 0 Å². The maximum Gasteiger partial charge on any atom is 0.0944 e. The second kappa shape index (κ2) is 5.48. The minimum Gasteiger partial charge on any atom is -0.395 e. The second-order valence-electron chi connectivity index (χ2n) is 2.53. The molecule has 0 spiro atoms. The molecule has 1 unspecified atom stereocenters. The molecule has 0 aliphatic heterocycles. The highest BCUT2D eigenvalue weighted by molar-refractivity contribution is 7.09. The Morgan fingerprint density at radius 1 is 1.75 bits per heavy atom. The summed E-state index contributed by atoms with van der Waals surface area (Å²) in [5.41, 5.74) is 6.55. The molecular weight excluding hydrogens is 196 g/mol. The fourth-order valence-corrected chi connectivity index (χ4v) is 1.65. The average Bonchev–Trinajstić information content (AvgIpc) is 2.35. The predicted octanol–water partition coefficient (Wildman–Crippen LogP) is 0.735. The summed E-state index contributed by atoms with van der Waals surface area (Å²) in [5, 5.41) is 11.6. The van der Waals surface area contributed by atoms with E-state index in [2.05, 4.69) is 4.98 Å². The van der Waals surface area contributed by atoms with Gasteiger partial charge in [0.1, 0.15) is 0 Å². The normalized spacial score (nSPS) is 12.2. The van der Waals surface area contributed by atoms with Gasteiger partial charge in [-0.2, -0.15) is 0 Å². The smallest absolute Gasteiger partial charge is 0.0944 e. The van der Waals surface area contributed by atoms with E-state index >= 15 is 0 Å². The molecule has 0 fully saturated rings. The Balaban J connectivity index is 0.00000121. The largest absolute Gasteiger partial charge is 0.395 e. The molecule has 1 aromatic heterocycles. The van der Waals surface area contributed by atoms with E-state index in [-0.39, 0.29) is 25.1 Å². The van der Waals surface area contributed by atoms with Crippen LogP contribution in [0.1, 0.15) is 10.7 Å². The summed E-state index contributed by atoms with van der Waals surface area (Å²) in [6, 6.07) is -0.166. The number of thiazole rings is 1. The average molecular weight is 209 g/mol. The van der Waals surface area contributed by atoms with Crippen LogP contribution in [0.5, 0.6) is 0 Å². The number of nitrogens with zero attached hydrogens (tertiary/aromatic N) is 1. The van der Waals surface area contributed by atoms with Gasteiger partial charge in [-0.15, -0.1) is 23.7 Å². The number of aliphatic hydroxyl groups excluding tert-OH is 1. The van der Waals surface area contributed by atoms with Gasteiger partial charge in [0.2, 0.25) is 0 Å². The molecule has 1 rings (SSSR count). The van der Waals surface area contributed by atoms with Crippen molar-refractivity contribution < 1.29 is 5.11 Å². The molecule has 0 aliphatic rings. The molecule has 0 amide bonds. The molecule has 0 aromatic carbocycles. The standard InChI is InChI=1S/C7H12N2OS.ClH/c1-5-4-11-7(9-5)2-6(8)3-10;/h4,6,10H,2-3,8H2,1H3;1H. The predicted molar refractivity (Wildman–Crippen MR) is 52.9 cm³/mol. The molecule has 0 saturated heterocycles. The summed E-state index contributed by atoms with van der Waals surface area (Å²) in [6.45, 7) is 1.98. The van der Waals surface area contributed by atoms with Crippen molar-refractivity contribution in [3.05, 3.63) is 16.1 Å². The number of hydrogen-bond donors (Lipinski definition) is 2. The summed E-state index contributed by atoms with van der Waals surface area (Å²) >= 11 is 1.59. The Bertz CT molecular complexity index is 229. The SMILES string of the molecule is Cc1csc(CC(N)CO)n1.Cl. The van der Waals surface area contributed by atoms with E-state index in [0.29, 0.717) is 6.42 Å². The molecule has 70 valence electrons. The van der Waals surface area contributed by atoms with Gasteiger partial charge in [-0.05, 0) is 6.92 Å². The number of nitrogens with two attached hydrogens (primary N) is 1. The molecule has 0 radical (unpaired) electrons. The lowest BCUT2D eigenvalue weighted by atomic mass is 10.2. The minimum atomic E-state index is -0.166. The van der Waals surface area contributed by atoms with Crippen LogP contribution in [0.2, 0.25) is 0 Å². The monoisotopic (exact) mass is 208 g/mol. The van der Waals surface area contributed by atoms with Crippen molar-refractivity contribution in [2.75, 3.05) is 6.61 Å². The number of halogens is 1. The highest BCUT2D eigenvalue weighted by Crippen LogP contribution is 2.09. The van der Waals surface area contributed by atoms with Crippen LogP contribution in [0.15, 0.2) is 5.38 Å². The van der Waals surface area contributed by atoms with Crippen molar-refractivity contribution in [1.82, 2.24) is 4.98 Å². The lowest BCUT2D eigenvalue weighted by Crippen LogP contribution is -2.26. The van der Waals surface area contributed by atoms with E-state index in [0.717, 1.165) is 10.7 Å². The molecule has 0 bridgehead atoms. The summed E-state index contributed by atoms with van der Waals surface area (Å²) in [7, 11) is 0. The maximum absolute atomic E-state index is 8.65. The molecule has 5 heteroatoms. The molecule has 0 aliphatic carbocycles. The fraction of sp³-hybridized carbons (Fsp3) is 0.571. The molecule has 1 aromatic rings. The van der Waals surface area contributed by atoms with Crippen LogP contribution < -0.4 is 5.73 Å². The van der Waals surface area contributed by atoms with Crippen LogP contribution in [0.4, 0.5) is 0 Å². The van der Waals surface area contributed by atoms with Crippen LogP contribution in [-0.2, 0) is 6.42 Å². The van der Waals surface area contributed by atoms with Crippen molar-refractivity contribution in [2.24, 2.45) is 5.73 Å². The van der Waals surface area contributed by atoms with Gasteiger partial charge in [-0.25, -0.2) is 4.98 Å². The van der Waals surface area contributed by atoms with E-state index in [4.69, 9.17) is 10.8 Å². The third-order valence-electron chi connectivity index (χ3n) is 1.34. The minimum absolute atomic E-state index is 0. The van der Waals surface area contributed by atoms with Gasteiger partial charge >= 0.3 is 0 Å². The zero-order valence-electron chi connectivity index (χ0n) is 6.86. The van der Waals surface area contributed by atoms with Gasteiger partial charge in [0.25, 0.3) is 0 Å². The van der Waals surface area contributed by atoms with Crippen molar-refractivity contribution >= 4 is 23.7 Å². The Labute approximate surface area is 82.0 Å². The number of aryl methyl sites for hydroxylation is 1. The van der Waals surface area contributed by atoms with Crippen LogP contribution in [0.25, 0.3) is 0 Å². The molecule has 3 N–H and O–H groups in total. The number of aliphatic hydroxyl groups is 1. The summed E-state index contributed by atoms with van der Waals surface area (Å²) in [4.78, 5) is 4.23. The van der Waals surface area contributed by atoms with E-state index in [1.54, 1.807) is 11.3 Å². The quantitative estimate of drug-likeness (QED) is 0.770.